The predicted molar refractivity (Wildman–Crippen MR) is 81.9 cm³/mol. The number of alkyl halides is 6. The number of Topliss-reactive ketones (excluding diaryl/α,β-unsaturated/α-hetero) is 2. The molecule has 0 amide bonds. The maximum atomic E-state index is 12.6. The lowest BCUT2D eigenvalue weighted by atomic mass is 9.83. The van der Waals surface area contributed by atoms with Crippen molar-refractivity contribution in [1.29, 1.82) is 0 Å². The summed E-state index contributed by atoms with van der Waals surface area (Å²) in [5.41, 5.74) is 0. The second-order valence-electron chi connectivity index (χ2n) is 7.40. The first-order chi connectivity index (χ1) is 11.1. The molecule has 0 N–H and O–H groups in total. The molecule has 0 saturated carbocycles. The summed E-state index contributed by atoms with van der Waals surface area (Å²) in [5, 5.41) is 0. The van der Waals surface area contributed by atoms with Gasteiger partial charge in [0.1, 0.15) is 11.6 Å². The number of ketones is 2. The fourth-order valence-electron chi connectivity index (χ4n) is 2.81. The Bertz CT molecular complexity index is 397. The number of rotatable bonds is 10. The second kappa shape index (κ2) is 9.57. The lowest BCUT2D eigenvalue weighted by molar-refractivity contribution is -0.159. The fourth-order valence-corrected chi connectivity index (χ4v) is 2.81. The first kappa shape index (κ1) is 23.9. The van der Waals surface area contributed by atoms with E-state index in [-0.39, 0.29) is 24.7 Å². The zero-order chi connectivity index (χ0) is 20.0. The van der Waals surface area contributed by atoms with Crippen LogP contribution in [-0.2, 0) is 9.59 Å². The summed E-state index contributed by atoms with van der Waals surface area (Å²) in [6.07, 6.45) is -12.8. The second-order valence-corrected chi connectivity index (χ2v) is 7.40. The largest absolute Gasteiger partial charge is 0.389 e. The molecular formula is C17H26F6O2. The molecule has 2 unspecified atom stereocenters. The molecule has 0 radical (unpaired) electrons. The van der Waals surface area contributed by atoms with Gasteiger partial charge >= 0.3 is 12.4 Å². The first-order valence-electron chi connectivity index (χ1n) is 8.29. The van der Waals surface area contributed by atoms with Crippen molar-refractivity contribution in [2.45, 2.75) is 72.2 Å². The Morgan fingerprint density at radius 3 is 1.16 bits per heavy atom. The predicted octanol–water partition coefficient (Wildman–Crippen LogP) is 5.74. The fraction of sp³-hybridized carbons (Fsp3) is 0.882. The Labute approximate surface area is 144 Å². The van der Waals surface area contributed by atoms with E-state index in [2.05, 4.69) is 0 Å². The highest BCUT2D eigenvalue weighted by molar-refractivity contribution is 6.01. The summed E-state index contributed by atoms with van der Waals surface area (Å²) in [7, 11) is 0. The third kappa shape index (κ3) is 12.0. The summed E-state index contributed by atoms with van der Waals surface area (Å²) >= 11 is 0. The Kier molecular flexibility index (Phi) is 9.16. The highest BCUT2D eigenvalue weighted by Crippen LogP contribution is 2.32. The van der Waals surface area contributed by atoms with Crippen molar-refractivity contribution in [1.82, 2.24) is 0 Å². The number of halogens is 6. The summed E-state index contributed by atoms with van der Waals surface area (Å²) in [6, 6.07) is 0. The van der Waals surface area contributed by atoms with Crippen LogP contribution in [0.4, 0.5) is 26.3 Å². The molecule has 0 aliphatic heterocycles. The van der Waals surface area contributed by atoms with Gasteiger partial charge in [0.25, 0.3) is 0 Å². The van der Waals surface area contributed by atoms with Gasteiger partial charge in [-0.05, 0) is 24.7 Å². The third-order valence-electron chi connectivity index (χ3n) is 3.73. The van der Waals surface area contributed by atoms with Crippen LogP contribution < -0.4 is 0 Å². The number of hydrogen-bond donors (Lipinski definition) is 0. The van der Waals surface area contributed by atoms with Gasteiger partial charge in [0.15, 0.2) is 0 Å². The SMILES string of the molecule is CC(C)CC(CC(F)(F)F)C(=O)CC(=O)C(CC(C)C)CC(F)(F)F. The van der Waals surface area contributed by atoms with E-state index in [4.69, 9.17) is 0 Å². The first-order valence-corrected chi connectivity index (χ1v) is 8.29. The van der Waals surface area contributed by atoms with Gasteiger partial charge in [0, 0.05) is 11.8 Å². The van der Waals surface area contributed by atoms with Crippen molar-refractivity contribution >= 4 is 11.6 Å². The van der Waals surface area contributed by atoms with Crippen LogP contribution in [0.3, 0.4) is 0 Å². The van der Waals surface area contributed by atoms with E-state index >= 15 is 0 Å². The molecule has 8 heteroatoms. The van der Waals surface area contributed by atoms with Crippen molar-refractivity contribution in [2.24, 2.45) is 23.7 Å². The van der Waals surface area contributed by atoms with E-state index in [1.165, 1.54) is 0 Å². The van der Waals surface area contributed by atoms with Gasteiger partial charge in [-0.3, -0.25) is 9.59 Å². The zero-order valence-electron chi connectivity index (χ0n) is 14.9. The third-order valence-corrected chi connectivity index (χ3v) is 3.73. The molecule has 2 nitrogen and oxygen atoms in total. The Morgan fingerprint density at radius 2 is 0.960 bits per heavy atom. The quantitative estimate of drug-likeness (QED) is 0.360. The molecule has 25 heavy (non-hydrogen) atoms. The van der Waals surface area contributed by atoms with E-state index in [0.29, 0.717) is 0 Å². The average molecular weight is 376 g/mol. The highest BCUT2D eigenvalue weighted by Gasteiger charge is 2.39. The number of carbonyl (C=O) groups is 2. The molecule has 2 atom stereocenters. The van der Waals surface area contributed by atoms with Gasteiger partial charge in [-0.15, -0.1) is 0 Å². The van der Waals surface area contributed by atoms with Crippen LogP contribution >= 0.6 is 0 Å². The summed E-state index contributed by atoms with van der Waals surface area (Å²) < 4.78 is 75.7. The zero-order valence-corrected chi connectivity index (χ0v) is 14.9. The van der Waals surface area contributed by atoms with Gasteiger partial charge < -0.3 is 0 Å². The minimum absolute atomic E-state index is 0.0558. The van der Waals surface area contributed by atoms with Crippen molar-refractivity contribution in [3.05, 3.63) is 0 Å². The number of hydrogen-bond acceptors (Lipinski definition) is 2. The van der Waals surface area contributed by atoms with E-state index in [1.54, 1.807) is 27.7 Å². The van der Waals surface area contributed by atoms with Crippen LogP contribution in [-0.4, -0.2) is 23.9 Å². The standard InChI is InChI=1S/C17H26F6O2/c1-10(2)5-12(8-16(18,19)20)14(24)7-15(25)13(6-11(3)4)9-17(21,22)23/h10-13H,5-9H2,1-4H3. The van der Waals surface area contributed by atoms with Crippen molar-refractivity contribution < 1.29 is 35.9 Å². The molecular weight excluding hydrogens is 350 g/mol. The lowest BCUT2D eigenvalue weighted by Gasteiger charge is -2.22. The highest BCUT2D eigenvalue weighted by atomic mass is 19.4. The average Bonchev–Trinajstić information content (AvgIpc) is 2.32. The van der Waals surface area contributed by atoms with Gasteiger partial charge in [-0.25, -0.2) is 0 Å². The van der Waals surface area contributed by atoms with E-state index in [1.807, 2.05) is 0 Å². The molecule has 0 aliphatic carbocycles. The van der Waals surface area contributed by atoms with E-state index in [9.17, 15) is 35.9 Å². The van der Waals surface area contributed by atoms with Gasteiger partial charge in [0.2, 0.25) is 0 Å². The molecule has 0 spiro atoms. The molecule has 0 aromatic carbocycles. The molecule has 0 aromatic heterocycles. The Morgan fingerprint density at radius 1 is 0.680 bits per heavy atom. The van der Waals surface area contributed by atoms with Crippen molar-refractivity contribution in [2.75, 3.05) is 0 Å². The monoisotopic (exact) mass is 376 g/mol. The molecule has 148 valence electrons. The molecule has 0 saturated heterocycles. The van der Waals surface area contributed by atoms with Crippen LogP contribution in [0, 0.1) is 23.7 Å². The molecule has 0 bridgehead atoms. The Balaban J connectivity index is 5.11. The maximum Gasteiger partial charge on any atom is 0.389 e. The number of carbonyl (C=O) groups excluding carboxylic acids is 2. The molecule has 0 aliphatic rings. The lowest BCUT2D eigenvalue weighted by Crippen LogP contribution is -2.30. The van der Waals surface area contributed by atoms with Crippen LogP contribution in [0.2, 0.25) is 0 Å². The van der Waals surface area contributed by atoms with Crippen LogP contribution in [0.1, 0.15) is 59.8 Å². The minimum Gasteiger partial charge on any atom is -0.299 e. The van der Waals surface area contributed by atoms with Gasteiger partial charge in [-0.2, -0.15) is 26.3 Å². The smallest absolute Gasteiger partial charge is 0.299 e. The topological polar surface area (TPSA) is 34.1 Å². The van der Waals surface area contributed by atoms with Crippen LogP contribution in [0.25, 0.3) is 0 Å². The Hall–Kier alpha value is -1.08. The summed E-state index contributed by atoms with van der Waals surface area (Å²) in [6.45, 7) is 6.57. The normalized spacial score (nSPS) is 15.5. The van der Waals surface area contributed by atoms with Gasteiger partial charge in [-0.1, -0.05) is 27.7 Å². The van der Waals surface area contributed by atoms with Gasteiger partial charge in [0.05, 0.1) is 19.3 Å². The van der Waals surface area contributed by atoms with Crippen molar-refractivity contribution in [3.8, 4) is 0 Å². The summed E-state index contributed by atoms with van der Waals surface area (Å²) in [5.74, 6) is -5.04. The van der Waals surface area contributed by atoms with E-state index in [0.717, 1.165) is 0 Å². The summed E-state index contributed by atoms with van der Waals surface area (Å²) in [4.78, 5) is 24.2. The maximum absolute atomic E-state index is 12.6. The molecule has 0 heterocycles. The molecule has 0 rings (SSSR count). The molecule has 0 aromatic rings. The molecule has 0 fully saturated rings. The van der Waals surface area contributed by atoms with Crippen molar-refractivity contribution in [3.63, 3.8) is 0 Å². The van der Waals surface area contributed by atoms with Crippen LogP contribution in [0.15, 0.2) is 0 Å². The van der Waals surface area contributed by atoms with Crippen LogP contribution in [0.5, 0.6) is 0 Å². The van der Waals surface area contributed by atoms with E-state index < -0.39 is 55.0 Å². The minimum atomic E-state index is -4.57.